The number of rotatable bonds is 2. The van der Waals surface area contributed by atoms with E-state index >= 15 is 0 Å². The van der Waals surface area contributed by atoms with Gasteiger partial charge in [0.05, 0.1) is 29.0 Å². The Morgan fingerprint density at radius 1 is 0.857 bits per heavy atom. The summed E-state index contributed by atoms with van der Waals surface area (Å²) >= 11 is 0. The Balaban J connectivity index is 1.95. The van der Waals surface area contributed by atoms with Crippen LogP contribution in [0, 0.1) is 0 Å². The zero-order valence-corrected chi connectivity index (χ0v) is 15.4. The fraction of sp³-hybridized carbons (Fsp3) is 0.222. The molecular weight excluding hydrogens is 364 g/mol. The Morgan fingerprint density at radius 2 is 1.61 bits per heavy atom. The lowest BCUT2D eigenvalue weighted by Gasteiger charge is -2.11. The number of hydrogen-bond acceptors (Lipinski definition) is 6. The molecule has 0 N–H and O–H groups in total. The van der Waals surface area contributed by atoms with Crippen molar-refractivity contribution in [3.05, 3.63) is 78.0 Å². The van der Waals surface area contributed by atoms with Gasteiger partial charge in [-0.05, 0) is 17.7 Å². The predicted octanol–water partition coefficient (Wildman–Crippen LogP) is -0.911. The Bertz CT molecular complexity index is 1510. The van der Waals surface area contributed by atoms with Crippen LogP contribution in [0.4, 0.5) is 0 Å². The lowest BCUT2D eigenvalue weighted by atomic mass is 10.2. The Labute approximate surface area is 156 Å². The topological polar surface area (TPSA) is 114 Å². The molecule has 0 aliphatic rings. The fourth-order valence-electron chi connectivity index (χ4n) is 3.27. The van der Waals surface area contributed by atoms with Crippen LogP contribution in [0.2, 0.25) is 0 Å². The molecule has 0 fully saturated rings. The van der Waals surface area contributed by atoms with Gasteiger partial charge in [-0.1, -0.05) is 0 Å². The van der Waals surface area contributed by atoms with Gasteiger partial charge in [0.2, 0.25) is 0 Å². The van der Waals surface area contributed by atoms with Gasteiger partial charge in [0, 0.05) is 33.5 Å². The molecule has 0 aliphatic heterocycles. The molecule has 142 valence electrons. The van der Waals surface area contributed by atoms with Gasteiger partial charge in [-0.15, -0.1) is 0 Å². The maximum atomic E-state index is 12.8. The van der Waals surface area contributed by atoms with E-state index < -0.39 is 22.5 Å². The van der Waals surface area contributed by atoms with E-state index in [1.165, 1.54) is 41.8 Å². The molecule has 0 atom stereocenters. The zero-order valence-electron chi connectivity index (χ0n) is 15.4. The molecule has 0 aliphatic carbocycles. The SMILES string of the molecule is Cn1c(=O)c2cc(Cn3c(=O)c4ccncc4n(C)c3=O)cnc2n(C)c1=O. The molecule has 0 amide bonds. The molecule has 0 aromatic carbocycles. The third-order valence-electron chi connectivity index (χ3n) is 4.85. The molecule has 4 heterocycles. The van der Waals surface area contributed by atoms with Crippen LogP contribution in [-0.2, 0) is 27.7 Å². The third kappa shape index (κ3) is 2.42. The molecule has 4 aromatic rings. The van der Waals surface area contributed by atoms with Crippen LogP contribution in [0.3, 0.4) is 0 Å². The van der Waals surface area contributed by atoms with Gasteiger partial charge in [-0.3, -0.25) is 32.8 Å². The molecule has 0 unspecified atom stereocenters. The zero-order chi connectivity index (χ0) is 20.2. The van der Waals surface area contributed by atoms with Gasteiger partial charge in [-0.25, -0.2) is 14.6 Å². The summed E-state index contributed by atoms with van der Waals surface area (Å²) in [4.78, 5) is 58.0. The van der Waals surface area contributed by atoms with Crippen molar-refractivity contribution in [2.45, 2.75) is 6.54 Å². The van der Waals surface area contributed by atoms with Gasteiger partial charge in [0.1, 0.15) is 5.65 Å². The summed E-state index contributed by atoms with van der Waals surface area (Å²) in [6.07, 6.45) is 4.40. The summed E-state index contributed by atoms with van der Waals surface area (Å²) in [6, 6.07) is 3.10. The van der Waals surface area contributed by atoms with Crippen molar-refractivity contribution in [2.75, 3.05) is 0 Å². The van der Waals surface area contributed by atoms with E-state index in [0.717, 1.165) is 9.13 Å². The molecule has 4 rings (SSSR count). The summed E-state index contributed by atoms with van der Waals surface area (Å²) < 4.78 is 4.69. The monoisotopic (exact) mass is 380 g/mol. The van der Waals surface area contributed by atoms with Gasteiger partial charge >= 0.3 is 11.4 Å². The maximum Gasteiger partial charge on any atom is 0.332 e. The van der Waals surface area contributed by atoms with Crippen molar-refractivity contribution in [3.63, 3.8) is 0 Å². The molecule has 0 spiro atoms. The second-order valence-corrected chi connectivity index (χ2v) is 6.55. The first-order chi connectivity index (χ1) is 13.3. The van der Waals surface area contributed by atoms with Crippen molar-refractivity contribution in [1.29, 1.82) is 0 Å². The summed E-state index contributed by atoms with van der Waals surface area (Å²) in [5.41, 5.74) is -0.747. The van der Waals surface area contributed by atoms with E-state index in [-0.39, 0.29) is 17.6 Å². The van der Waals surface area contributed by atoms with Crippen LogP contribution >= 0.6 is 0 Å². The van der Waals surface area contributed by atoms with Crippen molar-refractivity contribution < 1.29 is 0 Å². The van der Waals surface area contributed by atoms with Gasteiger partial charge in [-0.2, -0.15) is 0 Å². The van der Waals surface area contributed by atoms with E-state index in [1.807, 2.05) is 0 Å². The second-order valence-electron chi connectivity index (χ2n) is 6.55. The smallest absolute Gasteiger partial charge is 0.295 e. The standard InChI is InChI=1S/C18H16N6O4/c1-21-13-8-19-5-4-11(13)16(26)24(18(21)28)9-10-6-12-14(20-7-10)22(2)17(27)23(3)15(12)25/h4-8H,9H2,1-3H3. The first-order valence-corrected chi connectivity index (χ1v) is 8.39. The van der Waals surface area contributed by atoms with Crippen LogP contribution < -0.4 is 22.5 Å². The van der Waals surface area contributed by atoms with Crippen LogP contribution in [0.15, 0.2) is 49.9 Å². The molecule has 10 nitrogen and oxygen atoms in total. The van der Waals surface area contributed by atoms with Gasteiger partial charge in [0.25, 0.3) is 11.1 Å². The average molecular weight is 380 g/mol. The van der Waals surface area contributed by atoms with E-state index in [1.54, 1.807) is 19.2 Å². The average Bonchev–Trinajstić information content (AvgIpc) is 2.72. The van der Waals surface area contributed by atoms with Crippen molar-refractivity contribution in [2.24, 2.45) is 21.1 Å². The van der Waals surface area contributed by atoms with Crippen LogP contribution in [-0.4, -0.2) is 28.2 Å². The second kappa shape index (κ2) is 6.12. The highest BCUT2D eigenvalue weighted by Crippen LogP contribution is 2.09. The van der Waals surface area contributed by atoms with E-state index in [4.69, 9.17) is 0 Å². The lowest BCUT2D eigenvalue weighted by molar-refractivity contribution is 0.658. The number of nitrogens with zero attached hydrogens (tertiary/aromatic N) is 6. The summed E-state index contributed by atoms with van der Waals surface area (Å²) in [7, 11) is 4.47. The Morgan fingerprint density at radius 3 is 2.36 bits per heavy atom. The highest BCUT2D eigenvalue weighted by molar-refractivity contribution is 5.77. The van der Waals surface area contributed by atoms with Crippen molar-refractivity contribution in [3.8, 4) is 0 Å². The minimum atomic E-state index is -0.501. The number of aromatic nitrogens is 6. The Kier molecular flexibility index (Phi) is 3.84. The first-order valence-electron chi connectivity index (χ1n) is 8.39. The van der Waals surface area contributed by atoms with Gasteiger partial charge in [0.15, 0.2) is 0 Å². The first kappa shape index (κ1) is 17.6. The number of aryl methyl sites for hydroxylation is 2. The largest absolute Gasteiger partial charge is 0.332 e. The van der Waals surface area contributed by atoms with Crippen LogP contribution in [0.5, 0.6) is 0 Å². The number of hydrogen-bond donors (Lipinski definition) is 0. The van der Waals surface area contributed by atoms with Crippen LogP contribution in [0.1, 0.15) is 5.56 Å². The summed E-state index contributed by atoms with van der Waals surface area (Å²) in [5, 5.41) is 0.598. The van der Waals surface area contributed by atoms with Gasteiger partial charge < -0.3 is 0 Å². The lowest BCUT2D eigenvalue weighted by Crippen LogP contribution is -2.39. The molecule has 0 saturated heterocycles. The molecular formula is C18H16N6O4. The van der Waals surface area contributed by atoms with E-state index in [9.17, 15) is 19.2 Å². The van der Waals surface area contributed by atoms with E-state index in [0.29, 0.717) is 16.5 Å². The molecule has 10 heteroatoms. The quantitative estimate of drug-likeness (QED) is 0.445. The van der Waals surface area contributed by atoms with Crippen LogP contribution in [0.25, 0.3) is 21.9 Å². The summed E-state index contributed by atoms with van der Waals surface area (Å²) in [5.74, 6) is 0. The maximum absolute atomic E-state index is 12.8. The predicted molar refractivity (Wildman–Crippen MR) is 103 cm³/mol. The van der Waals surface area contributed by atoms with Crippen molar-refractivity contribution >= 4 is 21.9 Å². The Hall–Kier alpha value is -3.82. The molecule has 0 radical (unpaired) electrons. The molecule has 28 heavy (non-hydrogen) atoms. The van der Waals surface area contributed by atoms with E-state index in [2.05, 4.69) is 9.97 Å². The number of pyridine rings is 2. The molecule has 4 aromatic heterocycles. The summed E-state index contributed by atoms with van der Waals surface area (Å²) in [6.45, 7) is -0.0568. The highest BCUT2D eigenvalue weighted by atomic mass is 16.2. The molecule has 0 bridgehead atoms. The fourth-order valence-corrected chi connectivity index (χ4v) is 3.27. The minimum absolute atomic E-state index is 0.0568. The minimum Gasteiger partial charge on any atom is -0.295 e. The van der Waals surface area contributed by atoms with Crippen molar-refractivity contribution in [1.82, 2.24) is 28.2 Å². The normalized spacial score (nSPS) is 11.4. The third-order valence-corrected chi connectivity index (χ3v) is 4.85. The number of fused-ring (bicyclic) bond motifs is 2. The highest BCUT2D eigenvalue weighted by Gasteiger charge is 2.14. The molecule has 0 saturated carbocycles.